The number of carbonyl (C=O) groups excluding carboxylic acids is 1. The topological polar surface area (TPSA) is 47.6 Å². The Morgan fingerprint density at radius 1 is 1.14 bits per heavy atom. The van der Waals surface area contributed by atoms with Gasteiger partial charge in [-0.1, -0.05) is 35.3 Å². The van der Waals surface area contributed by atoms with Crippen LogP contribution in [-0.2, 0) is 11.2 Å². The number of anilines is 1. The number of halogens is 2. The average Bonchev–Trinajstić information content (AvgIpc) is 2.96. The Bertz CT molecular complexity index is 719. The van der Waals surface area contributed by atoms with Crippen LogP contribution in [0.15, 0.2) is 36.4 Å². The van der Waals surface area contributed by atoms with E-state index in [-0.39, 0.29) is 12.7 Å². The Hall–Kier alpha value is -1.91. The molecule has 3 rings (SSSR count). The maximum Gasteiger partial charge on any atom is 0.231 e. The minimum atomic E-state index is -0.102. The monoisotopic (exact) mass is 337 g/mol. The van der Waals surface area contributed by atoms with Gasteiger partial charge >= 0.3 is 0 Å². The Morgan fingerprint density at radius 3 is 2.82 bits per heavy atom. The summed E-state index contributed by atoms with van der Waals surface area (Å²) in [5, 5.41) is 3.82. The first-order valence-electron chi connectivity index (χ1n) is 6.76. The van der Waals surface area contributed by atoms with Crippen LogP contribution in [0, 0.1) is 0 Å². The minimum Gasteiger partial charge on any atom is -0.454 e. The average molecular weight is 338 g/mol. The van der Waals surface area contributed by atoms with Gasteiger partial charge in [-0.2, -0.15) is 0 Å². The summed E-state index contributed by atoms with van der Waals surface area (Å²) in [7, 11) is 0. The van der Waals surface area contributed by atoms with Crippen LogP contribution in [0.5, 0.6) is 11.5 Å². The minimum absolute atomic E-state index is 0.102. The molecular weight excluding hydrogens is 325 g/mol. The van der Waals surface area contributed by atoms with E-state index in [9.17, 15) is 4.79 Å². The maximum atomic E-state index is 12.0. The summed E-state index contributed by atoms with van der Waals surface area (Å²) in [4.78, 5) is 12.0. The highest BCUT2D eigenvalue weighted by Gasteiger charge is 2.14. The molecule has 6 heteroatoms. The lowest BCUT2D eigenvalue weighted by Gasteiger charge is -2.08. The molecule has 0 aliphatic carbocycles. The molecule has 0 radical (unpaired) electrons. The predicted molar refractivity (Wildman–Crippen MR) is 86.0 cm³/mol. The van der Waals surface area contributed by atoms with Crippen molar-refractivity contribution in [3.8, 4) is 11.5 Å². The van der Waals surface area contributed by atoms with Crippen molar-refractivity contribution < 1.29 is 14.3 Å². The van der Waals surface area contributed by atoms with Crippen molar-refractivity contribution in [1.29, 1.82) is 0 Å². The highest BCUT2D eigenvalue weighted by atomic mass is 35.5. The number of fused-ring (bicyclic) bond motifs is 1. The van der Waals surface area contributed by atoms with Gasteiger partial charge in [0.05, 0.1) is 10.0 Å². The third kappa shape index (κ3) is 3.29. The molecule has 1 heterocycles. The molecule has 1 amide bonds. The molecule has 0 spiro atoms. The van der Waals surface area contributed by atoms with Crippen LogP contribution in [0.2, 0.25) is 10.0 Å². The molecule has 0 aromatic heterocycles. The zero-order valence-electron chi connectivity index (χ0n) is 11.6. The van der Waals surface area contributed by atoms with Crippen LogP contribution < -0.4 is 14.8 Å². The fraction of sp³-hybridized carbons (Fsp3) is 0.188. The van der Waals surface area contributed by atoms with E-state index < -0.39 is 0 Å². The molecular formula is C16H13Cl2NO3. The third-order valence-electron chi connectivity index (χ3n) is 3.31. The number of carbonyl (C=O) groups is 1. The van der Waals surface area contributed by atoms with E-state index >= 15 is 0 Å². The molecule has 0 saturated carbocycles. The molecule has 2 aromatic rings. The van der Waals surface area contributed by atoms with Crippen molar-refractivity contribution >= 4 is 34.8 Å². The summed E-state index contributed by atoms with van der Waals surface area (Å²) in [6.45, 7) is 0.208. The van der Waals surface area contributed by atoms with Crippen LogP contribution in [-0.4, -0.2) is 12.7 Å². The van der Waals surface area contributed by atoms with Crippen LogP contribution >= 0.6 is 23.2 Å². The zero-order chi connectivity index (χ0) is 15.5. The smallest absolute Gasteiger partial charge is 0.231 e. The molecule has 1 N–H and O–H groups in total. The van der Waals surface area contributed by atoms with Gasteiger partial charge < -0.3 is 14.8 Å². The number of hydrogen-bond donors (Lipinski definition) is 1. The summed E-state index contributed by atoms with van der Waals surface area (Å²) in [5.74, 6) is 1.22. The predicted octanol–water partition coefficient (Wildman–Crippen LogP) is 4.29. The molecule has 1 aliphatic rings. The van der Waals surface area contributed by atoms with Crippen LogP contribution in [0.1, 0.15) is 12.0 Å². The fourth-order valence-corrected chi connectivity index (χ4v) is 2.60. The lowest BCUT2D eigenvalue weighted by atomic mass is 10.1. The SMILES string of the molecule is O=C(CCc1cccc(Cl)c1Cl)Nc1ccc2c(c1)OCO2. The molecule has 0 fully saturated rings. The van der Waals surface area contributed by atoms with Crippen molar-refractivity contribution in [3.63, 3.8) is 0 Å². The molecule has 0 atom stereocenters. The number of rotatable bonds is 4. The van der Waals surface area contributed by atoms with Crippen molar-refractivity contribution in [2.75, 3.05) is 12.1 Å². The Morgan fingerprint density at radius 2 is 1.95 bits per heavy atom. The summed E-state index contributed by atoms with van der Waals surface area (Å²) in [5.41, 5.74) is 1.53. The quantitative estimate of drug-likeness (QED) is 0.904. The lowest BCUT2D eigenvalue weighted by molar-refractivity contribution is -0.116. The molecule has 114 valence electrons. The first-order chi connectivity index (χ1) is 10.6. The van der Waals surface area contributed by atoms with E-state index in [1.165, 1.54) is 0 Å². The van der Waals surface area contributed by atoms with Gasteiger partial charge in [0.15, 0.2) is 11.5 Å². The van der Waals surface area contributed by atoms with Gasteiger partial charge in [-0.15, -0.1) is 0 Å². The molecule has 22 heavy (non-hydrogen) atoms. The van der Waals surface area contributed by atoms with E-state index in [0.717, 1.165) is 5.56 Å². The van der Waals surface area contributed by atoms with Gasteiger partial charge in [-0.3, -0.25) is 4.79 Å². The third-order valence-corrected chi connectivity index (χ3v) is 4.17. The molecule has 0 bridgehead atoms. The van der Waals surface area contributed by atoms with Crippen molar-refractivity contribution in [2.24, 2.45) is 0 Å². The van der Waals surface area contributed by atoms with Gasteiger partial charge in [0.1, 0.15) is 0 Å². The normalized spacial score (nSPS) is 12.3. The van der Waals surface area contributed by atoms with Gasteiger partial charge in [0.25, 0.3) is 0 Å². The van der Waals surface area contributed by atoms with E-state index in [4.69, 9.17) is 32.7 Å². The Labute approximate surface area is 137 Å². The Balaban J connectivity index is 1.60. The molecule has 0 unspecified atom stereocenters. The van der Waals surface area contributed by atoms with Crippen molar-refractivity contribution in [2.45, 2.75) is 12.8 Å². The maximum absolute atomic E-state index is 12.0. The number of aryl methyl sites for hydroxylation is 1. The van der Waals surface area contributed by atoms with Gasteiger partial charge in [-0.25, -0.2) is 0 Å². The van der Waals surface area contributed by atoms with E-state index in [1.54, 1.807) is 24.3 Å². The van der Waals surface area contributed by atoms with Gasteiger partial charge in [0.2, 0.25) is 12.7 Å². The number of hydrogen-bond acceptors (Lipinski definition) is 3. The zero-order valence-corrected chi connectivity index (χ0v) is 13.1. The van der Waals surface area contributed by atoms with Gasteiger partial charge in [-0.05, 0) is 30.2 Å². The fourth-order valence-electron chi connectivity index (χ4n) is 2.19. The number of ether oxygens (including phenoxy) is 2. The van der Waals surface area contributed by atoms with Crippen LogP contribution in [0.25, 0.3) is 0 Å². The van der Waals surface area contributed by atoms with E-state index in [2.05, 4.69) is 5.32 Å². The second kappa shape index (κ2) is 6.46. The highest BCUT2D eigenvalue weighted by molar-refractivity contribution is 6.42. The molecule has 1 aliphatic heterocycles. The summed E-state index contributed by atoms with van der Waals surface area (Å²) in [6, 6.07) is 10.7. The molecule has 4 nitrogen and oxygen atoms in total. The molecule has 0 saturated heterocycles. The summed E-state index contributed by atoms with van der Waals surface area (Å²) < 4.78 is 10.5. The van der Waals surface area contributed by atoms with Crippen LogP contribution in [0.3, 0.4) is 0 Å². The number of benzene rings is 2. The van der Waals surface area contributed by atoms with Crippen molar-refractivity contribution in [3.05, 3.63) is 52.0 Å². The van der Waals surface area contributed by atoms with E-state index in [0.29, 0.717) is 40.1 Å². The standard InChI is InChI=1S/C16H13Cl2NO3/c17-12-3-1-2-10(16(12)18)4-7-15(20)19-11-5-6-13-14(8-11)22-9-21-13/h1-3,5-6,8H,4,7,9H2,(H,19,20). The molecule has 2 aromatic carbocycles. The number of amides is 1. The first-order valence-corrected chi connectivity index (χ1v) is 7.51. The van der Waals surface area contributed by atoms with Crippen molar-refractivity contribution in [1.82, 2.24) is 0 Å². The lowest BCUT2D eigenvalue weighted by Crippen LogP contribution is -2.12. The Kier molecular flexibility index (Phi) is 4.41. The largest absolute Gasteiger partial charge is 0.454 e. The van der Waals surface area contributed by atoms with Gasteiger partial charge in [0, 0.05) is 18.2 Å². The summed E-state index contributed by atoms with van der Waals surface area (Å²) >= 11 is 12.1. The number of nitrogens with one attached hydrogen (secondary N) is 1. The highest BCUT2D eigenvalue weighted by Crippen LogP contribution is 2.34. The van der Waals surface area contributed by atoms with E-state index in [1.807, 2.05) is 12.1 Å². The summed E-state index contributed by atoms with van der Waals surface area (Å²) in [6.07, 6.45) is 0.838. The van der Waals surface area contributed by atoms with Crippen LogP contribution in [0.4, 0.5) is 5.69 Å². The second-order valence-corrected chi connectivity index (χ2v) is 5.61. The second-order valence-electron chi connectivity index (χ2n) is 4.83. The first kappa shape index (κ1) is 15.0.